The number of nitrogens with zero attached hydrogens (tertiary/aromatic N) is 1. The lowest BCUT2D eigenvalue weighted by Gasteiger charge is -2.24. The summed E-state index contributed by atoms with van der Waals surface area (Å²) >= 11 is 0. The van der Waals surface area contributed by atoms with Crippen molar-refractivity contribution >= 4 is 27.3 Å². The molecule has 28 heavy (non-hydrogen) atoms. The molecule has 5 nitrogen and oxygen atoms in total. The van der Waals surface area contributed by atoms with Crippen molar-refractivity contribution in [3.63, 3.8) is 0 Å². The molecule has 3 aromatic carbocycles. The summed E-state index contributed by atoms with van der Waals surface area (Å²) in [6, 6.07) is 17.8. The molecule has 8 heteroatoms. The van der Waals surface area contributed by atoms with Gasteiger partial charge in [-0.25, -0.2) is 17.2 Å². The maximum Gasteiger partial charge on any atom is 0.264 e. The van der Waals surface area contributed by atoms with Gasteiger partial charge in [-0.15, -0.1) is 0 Å². The number of halogens is 2. The highest BCUT2D eigenvalue weighted by atomic mass is 32.2. The summed E-state index contributed by atoms with van der Waals surface area (Å²) in [6.45, 7) is -0.614. The van der Waals surface area contributed by atoms with Gasteiger partial charge in [-0.3, -0.25) is 9.10 Å². The molecule has 0 aliphatic rings. The second-order valence-electron chi connectivity index (χ2n) is 5.83. The van der Waals surface area contributed by atoms with Gasteiger partial charge in [-0.2, -0.15) is 0 Å². The van der Waals surface area contributed by atoms with Crippen molar-refractivity contribution in [2.45, 2.75) is 4.90 Å². The fourth-order valence-electron chi connectivity index (χ4n) is 2.52. The van der Waals surface area contributed by atoms with Gasteiger partial charge in [0.1, 0.15) is 18.2 Å². The van der Waals surface area contributed by atoms with E-state index in [0.29, 0.717) is 0 Å². The molecule has 3 rings (SSSR count). The van der Waals surface area contributed by atoms with Crippen molar-refractivity contribution in [3.8, 4) is 0 Å². The van der Waals surface area contributed by atoms with E-state index in [-0.39, 0.29) is 16.3 Å². The molecular weight excluding hydrogens is 386 g/mol. The van der Waals surface area contributed by atoms with Gasteiger partial charge in [0.25, 0.3) is 10.0 Å². The highest BCUT2D eigenvalue weighted by Crippen LogP contribution is 2.24. The van der Waals surface area contributed by atoms with Gasteiger partial charge >= 0.3 is 0 Å². The first kappa shape index (κ1) is 19.5. The molecule has 0 radical (unpaired) electrons. The van der Waals surface area contributed by atoms with Crippen LogP contribution in [0.5, 0.6) is 0 Å². The summed E-state index contributed by atoms with van der Waals surface area (Å²) in [7, 11) is -4.11. The number of amides is 1. The summed E-state index contributed by atoms with van der Waals surface area (Å²) < 4.78 is 54.0. The standard InChI is InChI=1S/C20H16F2N2O3S/c21-15-10-12-16(13-11-15)24(28(26,27)17-6-2-1-3-7-17)14-20(25)23-19-9-5-4-8-18(19)22/h1-13H,14H2,(H,23,25). The van der Waals surface area contributed by atoms with E-state index in [2.05, 4.69) is 5.32 Å². The minimum absolute atomic E-state index is 0.0296. The van der Waals surface area contributed by atoms with Crippen LogP contribution < -0.4 is 9.62 Å². The quantitative estimate of drug-likeness (QED) is 0.682. The van der Waals surface area contributed by atoms with Crippen LogP contribution in [0.15, 0.2) is 83.8 Å². The van der Waals surface area contributed by atoms with Gasteiger partial charge in [-0.05, 0) is 48.5 Å². The van der Waals surface area contributed by atoms with Gasteiger partial charge in [0.15, 0.2) is 0 Å². The second kappa shape index (κ2) is 8.18. The Labute approximate surface area is 161 Å². The topological polar surface area (TPSA) is 66.5 Å². The minimum Gasteiger partial charge on any atom is -0.322 e. The van der Waals surface area contributed by atoms with E-state index < -0.39 is 34.1 Å². The van der Waals surface area contributed by atoms with Crippen molar-refractivity contribution in [2.24, 2.45) is 0 Å². The molecule has 0 aliphatic heterocycles. The van der Waals surface area contributed by atoms with Crippen molar-refractivity contribution in [1.82, 2.24) is 0 Å². The first-order valence-corrected chi connectivity index (χ1v) is 9.69. The molecule has 0 unspecified atom stereocenters. The molecule has 0 heterocycles. The number of nitrogens with one attached hydrogen (secondary N) is 1. The Morgan fingerprint density at radius 2 is 1.46 bits per heavy atom. The van der Waals surface area contributed by atoms with E-state index >= 15 is 0 Å². The van der Waals surface area contributed by atoms with Crippen LogP contribution in [-0.2, 0) is 14.8 Å². The van der Waals surface area contributed by atoms with Crippen LogP contribution in [0.3, 0.4) is 0 Å². The highest BCUT2D eigenvalue weighted by Gasteiger charge is 2.27. The summed E-state index contributed by atoms with van der Waals surface area (Å²) in [4.78, 5) is 12.4. The lowest BCUT2D eigenvalue weighted by molar-refractivity contribution is -0.114. The molecule has 0 aromatic heterocycles. The Kier molecular flexibility index (Phi) is 5.70. The molecule has 0 aliphatic carbocycles. The van der Waals surface area contributed by atoms with E-state index in [9.17, 15) is 22.0 Å². The van der Waals surface area contributed by atoms with E-state index in [1.807, 2.05) is 0 Å². The van der Waals surface area contributed by atoms with E-state index in [4.69, 9.17) is 0 Å². The zero-order valence-corrected chi connectivity index (χ0v) is 15.4. The van der Waals surface area contributed by atoms with Crippen LogP contribution in [0.1, 0.15) is 0 Å². The summed E-state index contributed by atoms with van der Waals surface area (Å²) in [5.41, 5.74) is 0.0394. The minimum atomic E-state index is -4.11. The molecule has 0 saturated heterocycles. The zero-order chi connectivity index (χ0) is 20.1. The fraction of sp³-hybridized carbons (Fsp3) is 0.0500. The number of carbonyl (C=O) groups excluding carboxylic acids is 1. The number of para-hydroxylation sites is 1. The van der Waals surface area contributed by atoms with Crippen molar-refractivity contribution in [2.75, 3.05) is 16.2 Å². The largest absolute Gasteiger partial charge is 0.322 e. The van der Waals surface area contributed by atoms with Crippen molar-refractivity contribution < 1.29 is 22.0 Å². The van der Waals surface area contributed by atoms with Crippen LogP contribution >= 0.6 is 0 Å². The highest BCUT2D eigenvalue weighted by molar-refractivity contribution is 7.92. The lowest BCUT2D eigenvalue weighted by atomic mass is 10.3. The maximum atomic E-state index is 13.8. The lowest BCUT2D eigenvalue weighted by Crippen LogP contribution is -2.38. The molecule has 1 N–H and O–H groups in total. The third-order valence-electron chi connectivity index (χ3n) is 3.88. The third kappa shape index (κ3) is 4.34. The number of anilines is 2. The normalized spacial score (nSPS) is 11.1. The maximum absolute atomic E-state index is 13.8. The summed E-state index contributed by atoms with van der Waals surface area (Å²) in [6.07, 6.45) is 0. The average molecular weight is 402 g/mol. The first-order chi connectivity index (χ1) is 13.4. The number of sulfonamides is 1. The predicted octanol–water partition coefficient (Wildman–Crippen LogP) is 3.80. The van der Waals surface area contributed by atoms with Crippen molar-refractivity contribution in [1.29, 1.82) is 0 Å². The molecule has 0 bridgehead atoms. The fourth-order valence-corrected chi connectivity index (χ4v) is 3.97. The molecule has 0 spiro atoms. The predicted molar refractivity (Wildman–Crippen MR) is 102 cm³/mol. The van der Waals surface area contributed by atoms with Crippen molar-refractivity contribution in [3.05, 3.63) is 90.5 Å². The van der Waals surface area contributed by atoms with Gasteiger partial charge in [0, 0.05) is 0 Å². The van der Waals surface area contributed by atoms with E-state index in [1.54, 1.807) is 18.2 Å². The smallest absolute Gasteiger partial charge is 0.264 e. The number of rotatable bonds is 6. The van der Waals surface area contributed by atoms with Gasteiger partial charge in [-0.1, -0.05) is 30.3 Å². The summed E-state index contributed by atoms with van der Waals surface area (Å²) in [5, 5.41) is 2.35. The Balaban J connectivity index is 1.94. The van der Waals surface area contributed by atoms with Gasteiger partial charge < -0.3 is 5.32 Å². The summed E-state index contributed by atoms with van der Waals surface area (Å²) in [5.74, 6) is -1.93. The monoisotopic (exact) mass is 402 g/mol. The molecule has 1 amide bonds. The number of benzene rings is 3. The number of hydrogen-bond acceptors (Lipinski definition) is 3. The van der Waals surface area contributed by atoms with Crippen LogP contribution in [-0.4, -0.2) is 20.9 Å². The van der Waals surface area contributed by atoms with Crippen LogP contribution in [0.4, 0.5) is 20.2 Å². The number of carbonyl (C=O) groups is 1. The first-order valence-electron chi connectivity index (χ1n) is 8.25. The Morgan fingerprint density at radius 1 is 0.857 bits per heavy atom. The number of hydrogen-bond donors (Lipinski definition) is 1. The molecular formula is C20H16F2N2O3S. The van der Waals surface area contributed by atoms with Crippen LogP contribution in [0.2, 0.25) is 0 Å². The Hall–Kier alpha value is -3.26. The Bertz CT molecular complexity index is 1070. The Morgan fingerprint density at radius 3 is 2.11 bits per heavy atom. The van der Waals surface area contributed by atoms with Crippen LogP contribution in [0, 0.1) is 11.6 Å². The molecule has 0 fully saturated rings. The SMILES string of the molecule is O=C(CN(c1ccc(F)cc1)S(=O)(=O)c1ccccc1)Nc1ccccc1F. The second-order valence-corrected chi connectivity index (χ2v) is 7.69. The van der Waals surface area contributed by atoms with Gasteiger partial charge in [0.2, 0.25) is 5.91 Å². The van der Waals surface area contributed by atoms with E-state index in [0.717, 1.165) is 16.4 Å². The molecule has 0 atom stereocenters. The third-order valence-corrected chi connectivity index (χ3v) is 5.67. The van der Waals surface area contributed by atoms with Gasteiger partial charge in [0.05, 0.1) is 16.3 Å². The molecule has 144 valence electrons. The molecule has 3 aromatic rings. The average Bonchev–Trinajstić information content (AvgIpc) is 2.69. The molecule has 0 saturated carbocycles. The van der Waals surface area contributed by atoms with Crippen LogP contribution in [0.25, 0.3) is 0 Å². The van der Waals surface area contributed by atoms with E-state index in [1.165, 1.54) is 48.5 Å². The zero-order valence-electron chi connectivity index (χ0n) is 14.5.